The molecule has 1 aromatic rings. The van der Waals surface area contributed by atoms with Crippen molar-refractivity contribution in [2.24, 2.45) is 11.8 Å². The fourth-order valence-corrected chi connectivity index (χ4v) is 2.58. The molecule has 1 N–H and O–H groups in total. The highest BCUT2D eigenvalue weighted by atomic mass is 16.5. The molecule has 0 spiro atoms. The van der Waals surface area contributed by atoms with Crippen molar-refractivity contribution in [2.75, 3.05) is 31.6 Å². The van der Waals surface area contributed by atoms with Gasteiger partial charge in [-0.25, -0.2) is 4.98 Å². The average molecular weight is 319 g/mol. The van der Waals surface area contributed by atoms with E-state index in [1.54, 1.807) is 19.2 Å². The van der Waals surface area contributed by atoms with Crippen LogP contribution in [0, 0.1) is 11.8 Å². The smallest absolute Gasteiger partial charge is 0.310 e. The van der Waals surface area contributed by atoms with Gasteiger partial charge in [0.1, 0.15) is 5.82 Å². The van der Waals surface area contributed by atoms with Gasteiger partial charge in [-0.05, 0) is 30.9 Å². The van der Waals surface area contributed by atoms with Crippen molar-refractivity contribution in [3.63, 3.8) is 0 Å². The van der Waals surface area contributed by atoms with Crippen LogP contribution >= 0.6 is 0 Å². The molecule has 0 saturated carbocycles. The molecule has 1 fully saturated rings. The first kappa shape index (κ1) is 17.2. The van der Waals surface area contributed by atoms with Crippen LogP contribution in [0.1, 0.15) is 37.0 Å². The number of ether oxygens (including phenoxy) is 1. The summed E-state index contributed by atoms with van der Waals surface area (Å²) in [7, 11) is 1.34. The Hall–Kier alpha value is -2.11. The van der Waals surface area contributed by atoms with Gasteiger partial charge in [0.2, 0.25) is 0 Å². The minimum Gasteiger partial charge on any atom is -0.469 e. The van der Waals surface area contributed by atoms with E-state index in [1.807, 2.05) is 6.07 Å². The highest BCUT2D eigenvalue weighted by Crippen LogP contribution is 2.21. The van der Waals surface area contributed by atoms with E-state index in [9.17, 15) is 9.59 Å². The monoisotopic (exact) mass is 319 g/mol. The first-order valence-electron chi connectivity index (χ1n) is 8.08. The zero-order valence-electron chi connectivity index (χ0n) is 14.0. The topological polar surface area (TPSA) is 71.5 Å². The number of piperidine rings is 1. The third-order valence-corrected chi connectivity index (χ3v) is 4.29. The Morgan fingerprint density at radius 2 is 2.09 bits per heavy atom. The normalized spacial score (nSPS) is 16.7. The van der Waals surface area contributed by atoms with Crippen LogP contribution in [-0.2, 0) is 9.53 Å². The lowest BCUT2D eigenvalue weighted by atomic mass is 9.99. The van der Waals surface area contributed by atoms with Crippen molar-refractivity contribution < 1.29 is 14.3 Å². The number of hydrogen-bond donors (Lipinski definition) is 1. The van der Waals surface area contributed by atoms with Crippen molar-refractivity contribution in [2.45, 2.75) is 26.7 Å². The van der Waals surface area contributed by atoms with Gasteiger partial charge in [0, 0.05) is 25.8 Å². The zero-order chi connectivity index (χ0) is 16.8. The predicted molar refractivity (Wildman–Crippen MR) is 88.4 cm³/mol. The molecular weight excluding hydrogens is 294 g/mol. The quantitative estimate of drug-likeness (QED) is 0.839. The second kappa shape index (κ2) is 7.94. The largest absolute Gasteiger partial charge is 0.469 e. The van der Waals surface area contributed by atoms with Gasteiger partial charge in [0.05, 0.1) is 18.6 Å². The highest BCUT2D eigenvalue weighted by Gasteiger charge is 2.18. The van der Waals surface area contributed by atoms with E-state index >= 15 is 0 Å². The van der Waals surface area contributed by atoms with Crippen LogP contribution in [0.25, 0.3) is 0 Å². The van der Waals surface area contributed by atoms with Gasteiger partial charge < -0.3 is 15.0 Å². The number of hydrogen-bond acceptors (Lipinski definition) is 5. The third-order valence-electron chi connectivity index (χ3n) is 4.29. The van der Waals surface area contributed by atoms with E-state index in [0.717, 1.165) is 24.8 Å². The van der Waals surface area contributed by atoms with Gasteiger partial charge >= 0.3 is 5.97 Å². The highest BCUT2D eigenvalue weighted by molar-refractivity contribution is 5.94. The van der Waals surface area contributed by atoms with Crippen LogP contribution in [0.15, 0.2) is 18.3 Å². The first-order chi connectivity index (χ1) is 11.0. The lowest BCUT2D eigenvalue weighted by Gasteiger charge is -2.31. The van der Waals surface area contributed by atoms with Crippen LogP contribution in [0.2, 0.25) is 0 Å². The SMILES string of the molecule is COC(=O)[C@H](C)CNC(=O)c1ccc(N2CCC(C)CC2)nc1. The van der Waals surface area contributed by atoms with Gasteiger partial charge in [0.15, 0.2) is 0 Å². The molecule has 23 heavy (non-hydrogen) atoms. The van der Waals surface area contributed by atoms with Gasteiger partial charge in [-0.15, -0.1) is 0 Å². The average Bonchev–Trinajstić information content (AvgIpc) is 2.59. The molecule has 2 heterocycles. The molecule has 1 amide bonds. The lowest BCUT2D eigenvalue weighted by Crippen LogP contribution is -2.34. The summed E-state index contributed by atoms with van der Waals surface area (Å²) >= 11 is 0. The molecule has 0 radical (unpaired) electrons. The Kier molecular flexibility index (Phi) is 5.96. The lowest BCUT2D eigenvalue weighted by molar-refractivity contribution is -0.144. The van der Waals surface area contributed by atoms with Crippen molar-refractivity contribution in [3.05, 3.63) is 23.9 Å². The van der Waals surface area contributed by atoms with Gasteiger partial charge in [0.25, 0.3) is 5.91 Å². The summed E-state index contributed by atoms with van der Waals surface area (Å²) in [5, 5.41) is 2.73. The van der Waals surface area contributed by atoms with E-state index in [4.69, 9.17) is 0 Å². The number of anilines is 1. The molecule has 0 bridgehead atoms. The Labute approximate surface area is 137 Å². The standard InChI is InChI=1S/C17H25N3O3/c1-12-6-8-20(9-7-12)15-5-4-14(11-18-15)16(21)19-10-13(2)17(22)23-3/h4-5,11-13H,6-10H2,1-3H3,(H,19,21)/t13-/m1/s1. The maximum Gasteiger partial charge on any atom is 0.310 e. The van der Waals surface area contributed by atoms with Crippen molar-refractivity contribution >= 4 is 17.7 Å². The number of rotatable bonds is 5. The summed E-state index contributed by atoms with van der Waals surface area (Å²) in [5.74, 6) is 0.751. The Morgan fingerprint density at radius 1 is 1.39 bits per heavy atom. The van der Waals surface area contributed by atoms with Crippen LogP contribution in [0.4, 0.5) is 5.82 Å². The molecule has 1 aromatic heterocycles. The second-order valence-corrected chi connectivity index (χ2v) is 6.21. The molecule has 0 unspecified atom stereocenters. The molecule has 1 aliphatic rings. The number of aromatic nitrogens is 1. The number of carbonyl (C=O) groups is 2. The summed E-state index contributed by atoms with van der Waals surface area (Å²) in [6.07, 6.45) is 3.94. The molecule has 1 saturated heterocycles. The first-order valence-corrected chi connectivity index (χ1v) is 8.08. The van der Waals surface area contributed by atoms with Crippen molar-refractivity contribution in [3.8, 4) is 0 Å². The summed E-state index contributed by atoms with van der Waals surface area (Å²) in [4.78, 5) is 30.0. The molecule has 6 heteroatoms. The number of carbonyl (C=O) groups excluding carboxylic acids is 2. The summed E-state index contributed by atoms with van der Waals surface area (Å²) < 4.78 is 4.63. The van der Waals surface area contributed by atoms with Crippen LogP contribution < -0.4 is 10.2 Å². The maximum absolute atomic E-state index is 12.1. The second-order valence-electron chi connectivity index (χ2n) is 6.21. The molecule has 1 aliphatic heterocycles. The number of amides is 1. The summed E-state index contributed by atoms with van der Waals surface area (Å²) in [5.41, 5.74) is 0.496. The molecule has 126 valence electrons. The van der Waals surface area contributed by atoms with E-state index in [2.05, 4.69) is 26.9 Å². The molecule has 1 atom stereocenters. The van der Waals surface area contributed by atoms with E-state index in [1.165, 1.54) is 20.0 Å². The fraction of sp³-hybridized carbons (Fsp3) is 0.588. The van der Waals surface area contributed by atoms with Crippen molar-refractivity contribution in [1.82, 2.24) is 10.3 Å². The predicted octanol–water partition coefficient (Wildman–Crippen LogP) is 1.86. The van der Waals surface area contributed by atoms with Gasteiger partial charge in [-0.2, -0.15) is 0 Å². The van der Waals surface area contributed by atoms with Crippen LogP contribution in [-0.4, -0.2) is 43.6 Å². The molecule has 6 nitrogen and oxygen atoms in total. The number of nitrogens with one attached hydrogen (secondary N) is 1. The van der Waals surface area contributed by atoms with Gasteiger partial charge in [-0.3, -0.25) is 9.59 Å². The van der Waals surface area contributed by atoms with Gasteiger partial charge in [-0.1, -0.05) is 13.8 Å². The van der Waals surface area contributed by atoms with Crippen molar-refractivity contribution in [1.29, 1.82) is 0 Å². The minimum atomic E-state index is -0.369. The number of methoxy groups -OCH3 is 1. The molecular formula is C17H25N3O3. The van der Waals surface area contributed by atoms with Crippen LogP contribution in [0.5, 0.6) is 0 Å². The summed E-state index contributed by atoms with van der Waals surface area (Å²) in [6.45, 7) is 6.25. The number of pyridine rings is 1. The minimum absolute atomic E-state index is 0.230. The van der Waals surface area contributed by atoms with Crippen LogP contribution in [0.3, 0.4) is 0 Å². The third kappa shape index (κ3) is 4.68. The van der Waals surface area contributed by atoms with E-state index in [0.29, 0.717) is 5.56 Å². The summed E-state index contributed by atoms with van der Waals surface area (Å²) in [6, 6.07) is 3.66. The molecule has 0 aliphatic carbocycles. The van der Waals surface area contributed by atoms with E-state index in [-0.39, 0.29) is 24.3 Å². The maximum atomic E-state index is 12.1. The Morgan fingerprint density at radius 3 is 2.65 bits per heavy atom. The van der Waals surface area contributed by atoms with E-state index < -0.39 is 0 Å². The molecule has 2 rings (SSSR count). The fourth-order valence-electron chi connectivity index (χ4n) is 2.58. The zero-order valence-corrected chi connectivity index (χ0v) is 14.0. The Balaban J connectivity index is 1.89. The Bertz CT molecular complexity index is 537. The number of esters is 1. The number of nitrogens with zero attached hydrogens (tertiary/aromatic N) is 2. The molecule has 0 aromatic carbocycles.